The van der Waals surface area contributed by atoms with Crippen molar-refractivity contribution in [1.29, 1.82) is 0 Å². The van der Waals surface area contributed by atoms with Gasteiger partial charge in [0.25, 0.3) is 0 Å². The molecule has 1 heterocycles. The van der Waals surface area contributed by atoms with E-state index in [1.807, 2.05) is 6.07 Å². The molecule has 0 atom stereocenters. The number of carboxylic acid groups (broad SMARTS) is 1. The summed E-state index contributed by atoms with van der Waals surface area (Å²) in [4.78, 5) is 23.0. The van der Waals surface area contributed by atoms with E-state index in [0.29, 0.717) is 10.6 Å². The predicted octanol–water partition coefficient (Wildman–Crippen LogP) is 2.80. The normalized spacial score (nSPS) is 10.4. The van der Waals surface area contributed by atoms with E-state index in [0.717, 1.165) is 5.56 Å². The van der Waals surface area contributed by atoms with Crippen LogP contribution >= 0.6 is 11.6 Å². The number of rotatable bonds is 4. The van der Waals surface area contributed by atoms with Gasteiger partial charge in [0.15, 0.2) is 5.78 Å². The van der Waals surface area contributed by atoms with E-state index in [-0.39, 0.29) is 17.9 Å². The van der Waals surface area contributed by atoms with Gasteiger partial charge in [-0.05, 0) is 17.7 Å². The Kier molecular flexibility index (Phi) is 3.71. The largest absolute Gasteiger partial charge is 0.477 e. The van der Waals surface area contributed by atoms with Crippen LogP contribution in [-0.2, 0) is 13.5 Å². The molecule has 98 valence electrons. The number of aryl methyl sites for hydroxylation is 1. The second-order valence-corrected chi connectivity index (χ2v) is 4.63. The summed E-state index contributed by atoms with van der Waals surface area (Å²) in [6.45, 7) is 0. The fraction of sp³-hybridized carbons (Fsp3) is 0.143. The van der Waals surface area contributed by atoms with E-state index in [1.54, 1.807) is 25.2 Å². The molecule has 0 bridgehead atoms. The summed E-state index contributed by atoms with van der Waals surface area (Å²) in [5.41, 5.74) is 1.19. The highest BCUT2D eigenvalue weighted by Gasteiger charge is 2.15. The van der Waals surface area contributed by atoms with Gasteiger partial charge in [0, 0.05) is 30.3 Å². The molecule has 0 saturated carbocycles. The molecule has 0 radical (unpaired) electrons. The fourth-order valence-electron chi connectivity index (χ4n) is 1.85. The van der Waals surface area contributed by atoms with Gasteiger partial charge in [0.2, 0.25) is 0 Å². The van der Waals surface area contributed by atoms with Crippen molar-refractivity contribution in [2.45, 2.75) is 6.42 Å². The number of Topliss-reactive ketones (excluding diaryl/α,β-unsaturated/α-hetero) is 1. The Morgan fingerprint density at radius 2 is 2.00 bits per heavy atom. The minimum atomic E-state index is -1.06. The lowest BCUT2D eigenvalue weighted by atomic mass is 10.1. The fourth-order valence-corrected chi connectivity index (χ4v) is 2.05. The molecule has 2 aromatic rings. The van der Waals surface area contributed by atoms with E-state index < -0.39 is 5.97 Å². The number of carbonyl (C=O) groups excluding carboxylic acids is 1. The molecule has 0 unspecified atom stereocenters. The first kappa shape index (κ1) is 13.4. The van der Waals surface area contributed by atoms with Crippen molar-refractivity contribution in [3.8, 4) is 0 Å². The zero-order chi connectivity index (χ0) is 14.0. The number of ketones is 1. The minimum Gasteiger partial charge on any atom is -0.477 e. The summed E-state index contributed by atoms with van der Waals surface area (Å²) in [6.07, 6.45) is 1.67. The Morgan fingerprint density at radius 3 is 2.58 bits per heavy atom. The van der Waals surface area contributed by atoms with Crippen molar-refractivity contribution >= 4 is 23.4 Å². The van der Waals surface area contributed by atoms with Crippen molar-refractivity contribution < 1.29 is 14.7 Å². The van der Waals surface area contributed by atoms with E-state index >= 15 is 0 Å². The van der Waals surface area contributed by atoms with E-state index in [2.05, 4.69) is 0 Å². The molecule has 0 amide bonds. The van der Waals surface area contributed by atoms with Crippen LogP contribution in [0.15, 0.2) is 36.5 Å². The van der Waals surface area contributed by atoms with Gasteiger partial charge in [-0.25, -0.2) is 4.79 Å². The maximum atomic E-state index is 12.1. The number of aromatic nitrogens is 1. The van der Waals surface area contributed by atoms with Crippen molar-refractivity contribution in [2.75, 3.05) is 0 Å². The average Bonchev–Trinajstić information content (AvgIpc) is 2.74. The molecule has 1 aromatic carbocycles. The molecule has 5 heteroatoms. The summed E-state index contributed by atoms with van der Waals surface area (Å²) < 4.78 is 1.42. The van der Waals surface area contributed by atoms with Gasteiger partial charge < -0.3 is 9.67 Å². The van der Waals surface area contributed by atoms with Gasteiger partial charge >= 0.3 is 5.97 Å². The number of nitrogens with zero attached hydrogens (tertiary/aromatic N) is 1. The van der Waals surface area contributed by atoms with Crippen molar-refractivity contribution in [3.63, 3.8) is 0 Å². The summed E-state index contributed by atoms with van der Waals surface area (Å²) in [5.74, 6) is -1.21. The molecule has 2 rings (SSSR count). The first-order valence-electron chi connectivity index (χ1n) is 5.65. The van der Waals surface area contributed by atoms with E-state index in [4.69, 9.17) is 16.7 Å². The standard InChI is InChI=1S/C14H12ClNO3/c1-16-8-10(6-12(16)14(18)19)13(17)7-9-4-2-3-5-11(9)15/h2-6,8H,7H2,1H3,(H,18,19). The molecule has 0 aliphatic carbocycles. The lowest BCUT2D eigenvalue weighted by Crippen LogP contribution is -2.03. The molecule has 0 aliphatic rings. The molecule has 0 fully saturated rings. The number of aromatic carboxylic acids is 1. The van der Waals surface area contributed by atoms with Crippen molar-refractivity contribution in [1.82, 2.24) is 4.57 Å². The van der Waals surface area contributed by atoms with Gasteiger partial charge in [0.05, 0.1) is 0 Å². The summed E-state index contributed by atoms with van der Waals surface area (Å²) >= 11 is 5.99. The number of halogens is 1. The quantitative estimate of drug-likeness (QED) is 0.874. The van der Waals surface area contributed by atoms with Gasteiger partial charge in [-0.1, -0.05) is 29.8 Å². The third-order valence-electron chi connectivity index (χ3n) is 2.85. The number of carbonyl (C=O) groups is 2. The maximum Gasteiger partial charge on any atom is 0.352 e. The van der Waals surface area contributed by atoms with Crippen LogP contribution in [0.1, 0.15) is 26.4 Å². The SMILES string of the molecule is Cn1cc(C(=O)Cc2ccccc2Cl)cc1C(=O)O. The Hall–Kier alpha value is -2.07. The second-order valence-electron chi connectivity index (χ2n) is 4.22. The zero-order valence-corrected chi connectivity index (χ0v) is 11.0. The summed E-state index contributed by atoms with van der Waals surface area (Å²) in [7, 11) is 1.59. The molecule has 0 aliphatic heterocycles. The lowest BCUT2D eigenvalue weighted by Gasteiger charge is -2.01. The smallest absolute Gasteiger partial charge is 0.352 e. The summed E-state index contributed by atoms with van der Waals surface area (Å²) in [6, 6.07) is 8.48. The number of hydrogen-bond donors (Lipinski definition) is 1. The minimum absolute atomic E-state index is 0.0857. The van der Waals surface area contributed by atoms with Crippen LogP contribution in [0.4, 0.5) is 0 Å². The van der Waals surface area contributed by atoms with E-state index in [1.165, 1.54) is 16.8 Å². The number of benzene rings is 1. The Balaban J connectivity index is 2.24. The topological polar surface area (TPSA) is 59.3 Å². The molecule has 0 spiro atoms. The third kappa shape index (κ3) is 2.85. The molecule has 1 aromatic heterocycles. The molecule has 1 N–H and O–H groups in total. The second kappa shape index (κ2) is 5.28. The molecular weight excluding hydrogens is 266 g/mol. The Labute approximate surface area is 115 Å². The van der Waals surface area contributed by atoms with Gasteiger partial charge in [0.1, 0.15) is 5.69 Å². The van der Waals surface area contributed by atoms with Crippen LogP contribution in [0.5, 0.6) is 0 Å². The molecule has 0 saturated heterocycles. The van der Waals surface area contributed by atoms with Crippen molar-refractivity contribution in [3.05, 3.63) is 58.4 Å². The number of carboxylic acids is 1. The number of hydrogen-bond acceptors (Lipinski definition) is 2. The molecular formula is C14H12ClNO3. The highest BCUT2D eigenvalue weighted by atomic mass is 35.5. The van der Waals surface area contributed by atoms with Crippen LogP contribution < -0.4 is 0 Å². The van der Waals surface area contributed by atoms with Crippen molar-refractivity contribution in [2.24, 2.45) is 7.05 Å². The highest BCUT2D eigenvalue weighted by molar-refractivity contribution is 6.31. The Morgan fingerprint density at radius 1 is 1.32 bits per heavy atom. The van der Waals surface area contributed by atoms with Gasteiger partial charge in [-0.3, -0.25) is 4.79 Å². The van der Waals surface area contributed by atoms with Crippen LogP contribution in [0.25, 0.3) is 0 Å². The monoisotopic (exact) mass is 277 g/mol. The van der Waals surface area contributed by atoms with E-state index in [9.17, 15) is 9.59 Å². The predicted molar refractivity (Wildman–Crippen MR) is 71.9 cm³/mol. The van der Waals surface area contributed by atoms with Crippen LogP contribution in [0.2, 0.25) is 5.02 Å². The third-order valence-corrected chi connectivity index (χ3v) is 3.22. The zero-order valence-electron chi connectivity index (χ0n) is 10.3. The Bertz CT molecular complexity index is 646. The van der Waals surface area contributed by atoms with Crippen LogP contribution in [0, 0.1) is 0 Å². The summed E-state index contributed by atoms with van der Waals surface area (Å²) in [5, 5.41) is 9.47. The first-order chi connectivity index (χ1) is 8.99. The van der Waals surface area contributed by atoms with Gasteiger partial charge in [-0.2, -0.15) is 0 Å². The molecule has 19 heavy (non-hydrogen) atoms. The van der Waals surface area contributed by atoms with Crippen LogP contribution in [-0.4, -0.2) is 21.4 Å². The molecule has 4 nitrogen and oxygen atoms in total. The maximum absolute atomic E-state index is 12.1. The average molecular weight is 278 g/mol. The van der Waals surface area contributed by atoms with Crippen LogP contribution in [0.3, 0.4) is 0 Å². The first-order valence-corrected chi connectivity index (χ1v) is 6.03. The van der Waals surface area contributed by atoms with Gasteiger partial charge in [-0.15, -0.1) is 0 Å². The lowest BCUT2D eigenvalue weighted by molar-refractivity contribution is 0.0686. The highest BCUT2D eigenvalue weighted by Crippen LogP contribution is 2.18.